The highest BCUT2D eigenvalue weighted by Crippen LogP contribution is 2.21. The molecule has 0 unspecified atom stereocenters. The van der Waals surface area contributed by atoms with E-state index in [4.69, 9.17) is 0 Å². The minimum atomic E-state index is -3.56. The quantitative estimate of drug-likeness (QED) is 0.713. The highest BCUT2D eigenvalue weighted by molar-refractivity contribution is 7.99. The number of carbonyl (C=O) groups is 1. The second kappa shape index (κ2) is 8.99. The molecule has 28 heavy (non-hydrogen) atoms. The summed E-state index contributed by atoms with van der Waals surface area (Å²) in [6.07, 6.45) is 1.32. The third-order valence-corrected chi connectivity index (χ3v) is 7.09. The van der Waals surface area contributed by atoms with Crippen molar-refractivity contribution in [1.29, 1.82) is 0 Å². The van der Waals surface area contributed by atoms with Crippen molar-refractivity contribution >= 4 is 33.4 Å². The fourth-order valence-electron chi connectivity index (χ4n) is 2.69. The lowest BCUT2D eigenvalue weighted by Crippen LogP contribution is -2.47. The van der Waals surface area contributed by atoms with Crippen molar-refractivity contribution < 1.29 is 17.6 Å². The SMILES string of the molecule is CN1CCN(S(=O)(=O)c2ccc(SCC(=O)Nc3cccc(F)c3)nc2)CC1. The molecule has 7 nitrogen and oxygen atoms in total. The molecule has 1 amide bonds. The third kappa shape index (κ3) is 5.28. The van der Waals surface area contributed by atoms with Gasteiger partial charge in [-0.15, -0.1) is 0 Å². The molecule has 0 bridgehead atoms. The van der Waals surface area contributed by atoms with Crippen molar-refractivity contribution in [1.82, 2.24) is 14.2 Å². The number of anilines is 1. The van der Waals surface area contributed by atoms with E-state index in [-0.39, 0.29) is 16.6 Å². The predicted octanol–water partition coefficient (Wildman–Crippen LogP) is 1.89. The van der Waals surface area contributed by atoms with Gasteiger partial charge in [-0.2, -0.15) is 4.31 Å². The van der Waals surface area contributed by atoms with E-state index in [9.17, 15) is 17.6 Å². The Kier molecular flexibility index (Phi) is 6.65. The summed E-state index contributed by atoms with van der Waals surface area (Å²) < 4.78 is 39.9. The summed E-state index contributed by atoms with van der Waals surface area (Å²) in [6, 6.07) is 8.74. The number of likely N-dealkylation sites (N-methyl/N-ethyl adjacent to an activating group) is 1. The summed E-state index contributed by atoms with van der Waals surface area (Å²) in [6.45, 7) is 2.30. The van der Waals surface area contributed by atoms with Crippen LogP contribution < -0.4 is 5.32 Å². The average Bonchev–Trinajstić information content (AvgIpc) is 2.67. The number of halogens is 1. The van der Waals surface area contributed by atoms with E-state index in [2.05, 4.69) is 15.2 Å². The molecule has 0 radical (unpaired) electrons. The number of pyridine rings is 1. The van der Waals surface area contributed by atoms with E-state index in [1.807, 2.05) is 7.05 Å². The number of thioether (sulfide) groups is 1. The number of rotatable bonds is 6. The summed E-state index contributed by atoms with van der Waals surface area (Å²) in [7, 11) is -1.60. The number of hydrogen-bond donors (Lipinski definition) is 1. The maximum Gasteiger partial charge on any atom is 0.244 e. The average molecular weight is 425 g/mol. The summed E-state index contributed by atoms with van der Waals surface area (Å²) in [5, 5.41) is 3.14. The molecule has 3 rings (SSSR count). The minimum absolute atomic E-state index is 0.0775. The van der Waals surface area contributed by atoms with Crippen LogP contribution in [0, 0.1) is 5.82 Å². The molecule has 150 valence electrons. The standard InChI is InChI=1S/C18H21FN4O3S2/c1-22-7-9-23(10-8-22)28(25,26)16-5-6-18(20-12-16)27-13-17(24)21-15-4-2-3-14(19)11-15/h2-6,11-12H,7-10,13H2,1H3,(H,21,24). The van der Waals surface area contributed by atoms with Gasteiger partial charge in [0.1, 0.15) is 10.7 Å². The molecule has 10 heteroatoms. The number of piperazine rings is 1. The third-order valence-electron chi connectivity index (χ3n) is 4.27. The second-order valence-corrected chi connectivity index (χ2v) is 9.32. The molecular weight excluding hydrogens is 403 g/mol. The van der Waals surface area contributed by atoms with Crippen LogP contribution in [0.25, 0.3) is 0 Å². The molecule has 2 aromatic rings. The number of hydrogen-bond acceptors (Lipinski definition) is 6. The van der Waals surface area contributed by atoms with E-state index in [0.717, 1.165) is 0 Å². The first-order valence-electron chi connectivity index (χ1n) is 8.67. The lowest BCUT2D eigenvalue weighted by molar-refractivity contribution is -0.113. The summed E-state index contributed by atoms with van der Waals surface area (Å²) in [5.41, 5.74) is 0.382. The highest BCUT2D eigenvalue weighted by Gasteiger charge is 2.27. The first-order valence-corrected chi connectivity index (χ1v) is 11.1. The van der Waals surface area contributed by atoms with Gasteiger partial charge in [0.05, 0.1) is 10.8 Å². The molecule has 0 saturated carbocycles. The van der Waals surface area contributed by atoms with E-state index < -0.39 is 15.8 Å². The van der Waals surface area contributed by atoms with Crippen LogP contribution in [0.3, 0.4) is 0 Å². The fraction of sp³-hybridized carbons (Fsp3) is 0.333. The topological polar surface area (TPSA) is 82.6 Å². The molecule has 1 fully saturated rings. The Balaban J connectivity index is 1.56. The van der Waals surface area contributed by atoms with Crippen LogP contribution in [0.4, 0.5) is 10.1 Å². The Labute approximate surface area is 168 Å². The van der Waals surface area contributed by atoms with Crippen molar-refractivity contribution in [3.63, 3.8) is 0 Å². The molecule has 1 aromatic heterocycles. The van der Waals surface area contributed by atoms with Crippen LogP contribution >= 0.6 is 11.8 Å². The van der Waals surface area contributed by atoms with Crippen molar-refractivity contribution in [2.24, 2.45) is 0 Å². The van der Waals surface area contributed by atoms with Crippen molar-refractivity contribution in [3.8, 4) is 0 Å². The van der Waals surface area contributed by atoms with Gasteiger partial charge in [0.25, 0.3) is 0 Å². The van der Waals surface area contributed by atoms with E-state index in [1.165, 1.54) is 46.5 Å². The highest BCUT2D eigenvalue weighted by atomic mass is 32.2. The number of amides is 1. The van der Waals surface area contributed by atoms with Crippen LogP contribution in [0.1, 0.15) is 0 Å². The van der Waals surface area contributed by atoms with Gasteiger partial charge in [0, 0.05) is 38.1 Å². The van der Waals surface area contributed by atoms with Gasteiger partial charge in [-0.25, -0.2) is 17.8 Å². The summed E-state index contributed by atoms with van der Waals surface area (Å²) in [4.78, 5) is 18.3. The number of aromatic nitrogens is 1. The van der Waals surface area contributed by atoms with Gasteiger partial charge >= 0.3 is 0 Å². The number of sulfonamides is 1. The molecule has 0 spiro atoms. The number of nitrogens with zero attached hydrogens (tertiary/aromatic N) is 3. The van der Waals surface area contributed by atoms with E-state index in [1.54, 1.807) is 12.1 Å². The molecular formula is C18H21FN4O3S2. The van der Waals surface area contributed by atoms with Gasteiger partial charge in [-0.3, -0.25) is 4.79 Å². The van der Waals surface area contributed by atoms with Crippen molar-refractivity contribution in [3.05, 3.63) is 48.4 Å². The van der Waals surface area contributed by atoms with Crippen molar-refractivity contribution in [2.45, 2.75) is 9.92 Å². The minimum Gasteiger partial charge on any atom is -0.325 e. The molecule has 1 N–H and O–H groups in total. The second-order valence-electron chi connectivity index (χ2n) is 6.39. The first-order chi connectivity index (χ1) is 13.3. The first kappa shape index (κ1) is 20.7. The molecule has 1 aromatic carbocycles. The van der Waals surface area contributed by atoms with E-state index >= 15 is 0 Å². The molecule has 2 heterocycles. The number of benzene rings is 1. The lowest BCUT2D eigenvalue weighted by atomic mass is 10.3. The fourth-order valence-corrected chi connectivity index (χ4v) is 4.70. The summed E-state index contributed by atoms with van der Waals surface area (Å²) in [5.74, 6) is -0.649. The van der Waals surface area contributed by atoms with Crippen LogP contribution in [0.2, 0.25) is 0 Å². The van der Waals surface area contributed by atoms with Crippen molar-refractivity contribution in [2.75, 3.05) is 44.3 Å². The smallest absolute Gasteiger partial charge is 0.244 e. The van der Waals surface area contributed by atoms with Gasteiger partial charge in [0.15, 0.2) is 0 Å². The molecule has 1 aliphatic rings. The van der Waals surface area contributed by atoms with Gasteiger partial charge < -0.3 is 10.2 Å². The Hall–Kier alpha value is -2.01. The maximum atomic E-state index is 13.1. The lowest BCUT2D eigenvalue weighted by Gasteiger charge is -2.31. The number of nitrogens with one attached hydrogen (secondary N) is 1. The Morgan fingerprint density at radius 3 is 2.61 bits per heavy atom. The predicted molar refractivity (Wildman–Crippen MR) is 106 cm³/mol. The molecule has 1 saturated heterocycles. The van der Waals surface area contributed by atoms with Crippen LogP contribution in [-0.2, 0) is 14.8 Å². The molecule has 1 aliphatic heterocycles. The van der Waals surface area contributed by atoms with Crippen LogP contribution in [0.15, 0.2) is 52.5 Å². The van der Waals surface area contributed by atoms with Crippen LogP contribution in [0.5, 0.6) is 0 Å². The normalized spacial score (nSPS) is 16.1. The zero-order valence-electron chi connectivity index (χ0n) is 15.3. The monoisotopic (exact) mass is 424 g/mol. The maximum absolute atomic E-state index is 13.1. The summed E-state index contributed by atoms with van der Waals surface area (Å²) >= 11 is 1.18. The largest absolute Gasteiger partial charge is 0.325 e. The van der Waals surface area contributed by atoms with Crippen LogP contribution in [-0.4, -0.2) is 67.5 Å². The molecule has 0 atom stereocenters. The zero-order valence-corrected chi connectivity index (χ0v) is 17.0. The zero-order chi connectivity index (χ0) is 20.1. The Morgan fingerprint density at radius 2 is 1.96 bits per heavy atom. The van der Waals surface area contributed by atoms with Gasteiger partial charge in [-0.1, -0.05) is 17.8 Å². The Morgan fingerprint density at radius 1 is 1.21 bits per heavy atom. The molecule has 0 aliphatic carbocycles. The Bertz CT molecular complexity index is 930. The van der Waals surface area contributed by atoms with Gasteiger partial charge in [0.2, 0.25) is 15.9 Å². The van der Waals surface area contributed by atoms with E-state index in [0.29, 0.717) is 36.9 Å². The van der Waals surface area contributed by atoms with Gasteiger partial charge in [-0.05, 0) is 37.4 Å². The number of carbonyl (C=O) groups excluding carboxylic acids is 1.